The second-order valence-electron chi connectivity index (χ2n) is 7.12. The highest BCUT2D eigenvalue weighted by atomic mass is 35.5. The van der Waals surface area contributed by atoms with Gasteiger partial charge in [-0.1, -0.05) is 70.8 Å². The summed E-state index contributed by atoms with van der Waals surface area (Å²) in [6, 6.07) is 19.3. The Balaban J connectivity index is 1.59. The van der Waals surface area contributed by atoms with Crippen molar-refractivity contribution in [2.75, 3.05) is 0 Å². The number of aromatic nitrogens is 2. The lowest BCUT2D eigenvalue weighted by atomic mass is 9.96. The number of hydrogen-bond donors (Lipinski definition) is 1. The molecule has 32 heavy (non-hydrogen) atoms. The van der Waals surface area contributed by atoms with E-state index in [0.29, 0.717) is 38.3 Å². The van der Waals surface area contributed by atoms with Crippen molar-refractivity contribution >= 4 is 40.8 Å². The standard InChI is InChI=1S/C24H14Cl2N2O4/c25-17-10-16-11-18(20(13-4-2-1-3-5-13)31-21(16)19(26)12-17)23-27-22(28-32-23)14-6-8-15(9-7-14)24(29)30/h1-12,20H,(H,29,30). The first-order valence-corrected chi connectivity index (χ1v) is 10.4. The molecule has 0 spiro atoms. The largest absolute Gasteiger partial charge is 0.479 e. The van der Waals surface area contributed by atoms with Crippen LogP contribution in [-0.4, -0.2) is 21.2 Å². The summed E-state index contributed by atoms with van der Waals surface area (Å²) in [5.74, 6) is 0.131. The summed E-state index contributed by atoms with van der Waals surface area (Å²) in [5, 5.41) is 14.1. The number of benzene rings is 3. The molecule has 1 aromatic heterocycles. The van der Waals surface area contributed by atoms with Gasteiger partial charge in [0.05, 0.1) is 16.2 Å². The summed E-state index contributed by atoms with van der Waals surface area (Å²) in [6.45, 7) is 0. The van der Waals surface area contributed by atoms with Crippen molar-refractivity contribution in [3.8, 4) is 17.1 Å². The van der Waals surface area contributed by atoms with Crippen molar-refractivity contribution in [1.29, 1.82) is 0 Å². The van der Waals surface area contributed by atoms with Crippen molar-refractivity contribution in [2.45, 2.75) is 6.10 Å². The van der Waals surface area contributed by atoms with Gasteiger partial charge in [0.25, 0.3) is 5.89 Å². The molecule has 6 nitrogen and oxygen atoms in total. The van der Waals surface area contributed by atoms with E-state index in [1.165, 1.54) is 12.1 Å². The molecule has 0 saturated carbocycles. The molecular formula is C24H14Cl2N2O4. The van der Waals surface area contributed by atoms with Gasteiger partial charge in [-0.25, -0.2) is 4.79 Å². The Bertz CT molecular complexity index is 1350. The van der Waals surface area contributed by atoms with Crippen molar-refractivity contribution < 1.29 is 19.2 Å². The van der Waals surface area contributed by atoms with Crippen molar-refractivity contribution in [2.24, 2.45) is 0 Å². The lowest BCUT2D eigenvalue weighted by Gasteiger charge is -2.27. The van der Waals surface area contributed by atoms with Crippen LogP contribution >= 0.6 is 23.2 Å². The third-order valence-corrected chi connectivity index (χ3v) is 5.53. The minimum Gasteiger partial charge on any atom is -0.479 e. The highest BCUT2D eigenvalue weighted by Crippen LogP contribution is 2.45. The molecule has 158 valence electrons. The molecule has 1 aliphatic heterocycles. The van der Waals surface area contributed by atoms with Crippen LogP contribution in [0, 0.1) is 0 Å². The van der Waals surface area contributed by atoms with E-state index in [9.17, 15) is 4.79 Å². The zero-order valence-corrected chi connectivity index (χ0v) is 17.8. The number of rotatable bonds is 4. The Morgan fingerprint density at radius 2 is 1.75 bits per heavy atom. The van der Waals surface area contributed by atoms with E-state index in [2.05, 4.69) is 10.1 Å². The third kappa shape index (κ3) is 3.75. The topological polar surface area (TPSA) is 85.5 Å². The molecule has 8 heteroatoms. The Labute approximate surface area is 192 Å². The Morgan fingerprint density at radius 3 is 2.47 bits per heavy atom. The number of ether oxygens (including phenoxy) is 1. The number of fused-ring (bicyclic) bond motifs is 1. The predicted octanol–water partition coefficient (Wildman–Crippen LogP) is 6.42. The molecule has 0 bridgehead atoms. The van der Waals surface area contributed by atoms with E-state index in [1.54, 1.807) is 24.3 Å². The lowest BCUT2D eigenvalue weighted by molar-refractivity contribution is 0.0697. The Kier molecular flexibility index (Phi) is 5.17. The van der Waals surface area contributed by atoms with Gasteiger partial charge in [-0.3, -0.25) is 0 Å². The summed E-state index contributed by atoms with van der Waals surface area (Å²) in [4.78, 5) is 15.6. The number of nitrogens with zero attached hydrogens (tertiary/aromatic N) is 2. The maximum Gasteiger partial charge on any atom is 0.335 e. The molecule has 0 radical (unpaired) electrons. The number of carbonyl (C=O) groups is 1. The van der Waals surface area contributed by atoms with Gasteiger partial charge in [-0.05, 0) is 35.9 Å². The molecule has 0 saturated heterocycles. The molecule has 1 N–H and O–H groups in total. The highest BCUT2D eigenvalue weighted by molar-refractivity contribution is 6.36. The van der Waals surface area contributed by atoms with E-state index in [1.807, 2.05) is 36.4 Å². The van der Waals surface area contributed by atoms with Gasteiger partial charge < -0.3 is 14.4 Å². The van der Waals surface area contributed by atoms with E-state index in [0.717, 1.165) is 5.56 Å². The average molecular weight is 465 g/mol. The van der Waals surface area contributed by atoms with Crippen LogP contribution in [0.4, 0.5) is 0 Å². The van der Waals surface area contributed by atoms with Crippen LogP contribution in [0.1, 0.15) is 33.5 Å². The van der Waals surface area contributed by atoms with Crippen LogP contribution in [0.3, 0.4) is 0 Å². The summed E-state index contributed by atoms with van der Waals surface area (Å²) < 4.78 is 11.8. The van der Waals surface area contributed by atoms with Crippen LogP contribution in [0.25, 0.3) is 23.0 Å². The fourth-order valence-electron chi connectivity index (χ4n) is 3.51. The number of carboxylic acid groups (broad SMARTS) is 1. The smallest absolute Gasteiger partial charge is 0.335 e. The van der Waals surface area contributed by atoms with Gasteiger partial charge in [0.1, 0.15) is 5.75 Å². The quantitative estimate of drug-likeness (QED) is 0.375. The fraction of sp³-hybridized carbons (Fsp3) is 0.0417. The minimum absolute atomic E-state index is 0.176. The molecule has 5 rings (SSSR count). The molecule has 0 aliphatic carbocycles. The van der Waals surface area contributed by atoms with E-state index < -0.39 is 12.1 Å². The Morgan fingerprint density at radius 1 is 1.00 bits per heavy atom. The Hall–Kier alpha value is -3.61. The second-order valence-corrected chi connectivity index (χ2v) is 7.96. The van der Waals surface area contributed by atoms with E-state index in [-0.39, 0.29) is 11.5 Å². The van der Waals surface area contributed by atoms with Gasteiger partial charge in [0, 0.05) is 16.1 Å². The van der Waals surface area contributed by atoms with Gasteiger partial charge in [0.2, 0.25) is 5.82 Å². The van der Waals surface area contributed by atoms with Crippen LogP contribution in [0.15, 0.2) is 71.3 Å². The molecule has 2 heterocycles. The second kappa shape index (κ2) is 8.15. The first-order chi connectivity index (χ1) is 15.5. The van der Waals surface area contributed by atoms with Gasteiger partial charge >= 0.3 is 5.97 Å². The number of carboxylic acids is 1. The van der Waals surface area contributed by atoms with Gasteiger partial charge in [0.15, 0.2) is 6.10 Å². The molecule has 0 fully saturated rings. The highest BCUT2D eigenvalue weighted by Gasteiger charge is 2.31. The molecule has 4 aromatic rings. The summed E-state index contributed by atoms with van der Waals surface area (Å²) >= 11 is 12.6. The normalized spacial score (nSPS) is 14.9. The number of halogens is 2. The summed E-state index contributed by atoms with van der Waals surface area (Å²) in [6.07, 6.45) is 1.35. The lowest BCUT2D eigenvalue weighted by Crippen LogP contribution is -2.14. The van der Waals surface area contributed by atoms with Crippen molar-refractivity contribution in [3.05, 3.63) is 99.4 Å². The summed E-state index contributed by atoms with van der Waals surface area (Å²) in [5.41, 5.74) is 3.06. The molecule has 3 aromatic carbocycles. The maximum atomic E-state index is 11.1. The van der Waals surface area contributed by atoms with Gasteiger partial charge in [-0.2, -0.15) is 4.98 Å². The van der Waals surface area contributed by atoms with Gasteiger partial charge in [-0.15, -0.1) is 0 Å². The molecule has 1 unspecified atom stereocenters. The SMILES string of the molecule is O=C(O)c1ccc(-c2noc(C3=Cc4cc(Cl)cc(Cl)c4OC3c3ccccc3)n2)cc1. The zero-order valence-electron chi connectivity index (χ0n) is 16.3. The fourth-order valence-corrected chi connectivity index (χ4v) is 4.06. The van der Waals surface area contributed by atoms with Crippen molar-refractivity contribution in [1.82, 2.24) is 10.1 Å². The summed E-state index contributed by atoms with van der Waals surface area (Å²) in [7, 11) is 0. The van der Waals surface area contributed by atoms with Crippen LogP contribution in [-0.2, 0) is 0 Å². The van der Waals surface area contributed by atoms with E-state index in [4.69, 9.17) is 37.6 Å². The number of hydrogen-bond acceptors (Lipinski definition) is 5. The molecule has 1 atom stereocenters. The molecular weight excluding hydrogens is 451 g/mol. The minimum atomic E-state index is -1.00. The monoisotopic (exact) mass is 464 g/mol. The zero-order chi connectivity index (χ0) is 22.2. The maximum absolute atomic E-state index is 11.1. The van der Waals surface area contributed by atoms with E-state index >= 15 is 0 Å². The number of aromatic carboxylic acids is 1. The first kappa shape index (κ1) is 20.3. The van der Waals surface area contributed by atoms with Crippen LogP contribution < -0.4 is 4.74 Å². The van der Waals surface area contributed by atoms with Crippen LogP contribution in [0.5, 0.6) is 5.75 Å². The average Bonchev–Trinajstić information content (AvgIpc) is 3.29. The third-order valence-electron chi connectivity index (χ3n) is 5.03. The predicted molar refractivity (Wildman–Crippen MR) is 121 cm³/mol. The molecule has 1 aliphatic rings. The first-order valence-electron chi connectivity index (χ1n) is 9.59. The van der Waals surface area contributed by atoms with Crippen LogP contribution in [0.2, 0.25) is 10.0 Å². The van der Waals surface area contributed by atoms with Crippen molar-refractivity contribution in [3.63, 3.8) is 0 Å². The molecule has 0 amide bonds.